The van der Waals surface area contributed by atoms with Crippen molar-refractivity contribution in [2.24, 2.45) is 11.7 Å². The normalized spacial score (nSPS) is 29.4. The minimum Gasteiger partial charge on any atom is -0.325 e. The van der Waals surface area contributed by atoms with Crippen LogP contribution in [0, 0.1) is 5.92 Å². The molecular weight excluding hydrogens is 205 g/mol. The third kappa shape index (κ3) is 2.45. The fraction of sp³-hybridized carbons (Fsp3) is 1.00. The maximum absolute atomic E-state index is 14.0. The fourth-order valence-corrected chi connectivity index (χ4v) is 3.32. The molecular formula is C9H18FNO2S. The van der Waals surface area contributed by atoms with Crippen molar-refractivity contribution in [1.82, 2.24) is 0 Å². The minimum atomic E-state index is -2.91. The van der Waals surface area contributed by atoms with Crippen molar-refractivity contribution in [3.63, 3.8) is 0 Å². The van der Waals surface area contributed by atoms with E-state index in [0.717, 1.165) is 0 Å². The van der Waals surface area contributed by atoms with Gasteiger partial charge in [0, 0.05) is 6.04 Å². The molecule has 0 bridgehead atoms. The first-order valence-corrected chi connectivity index (χ1v) is 6.73. The highest BCUT2D eigenvalue weighted by Gasteiger charge is 2.40. The van der Waals surface area contributed by atoms with Gasteiger partial charge in [-0.25, -0.2) is 12.8 Å². The van der Waals surface area contributed by atoms with Gasteiger partial charge in [-0.1, -0.05) is 0 Å². The summed E-state index contributed by atoms with van der Waals surface area (Å²) < 4.78 is 36.3. The summed E-state index contributed by atoms with van der Waals surface area (Å²) in [6, 6.07) is -0.548. The van der Waals surface area contributed by atoms with Gasteiger partial charge in [-0.05, 0) is 32.6 Å². The number of alkyl halides is 1. The predicted molar refractivity (Wildman–Crippen MR) is 54.5 cm³/mol. The van der Waals surface area contributed by atoms with E-state index in [1.807, 2.05) is 0 Å². The molecule has 0 aromatic rings. The Kier molecular flexibility index (Phi) is 3.21. The van der Waals surface area contributed by atoms with Crippen LogP contribution in [0.25, 0.3) is 0 Å². The quantitative estimate of drug-likeness (QED) is 0.756. The van der Waals surface area contributed by atoms with E-state index in [0.29, 0.717) is 12.8 Å². The summed E-state index contributed by atoms with van der Waals surface area (Å²) in [5.41, 5.74) is 4.10. The summed E-state index contributed by atoms with van der Waals surface area (Å²) in [6.07, 6.45) is 0.799. The maximum atomic E-state index is 14.0. The Morgan fingerprint density at radius 2 is 1.86 bits per heavy atom. The highest BCUT2D eigenvalue weighted by atomic mass is 32.2. The molecule has 0 aromatic carbocycles. The van der Waals surface area contributed by atoms with Crippen molar-refractivity contribution in [2.75, 3.05) is 11.5 Å². The van der Waals surface area contributed by atoms with Crippen LogP contribution in [0.15, 0.2) is 0 Å². The molecule has 0 amide bonds. The summed E-state index contributed by atoms with van der Waals surface area (Å²) in [6.45, 7) is 3.10. The molecule has 14 heavy (non-hydrogen) atoms. The molecule has 1 fully saturated rings. The van der Waals surface area contributed by atoms with E-state index in [1.165, 1.54) is 6.92 Å². The SMILES string of the molecule is CC(N)C(C)(F)C1CCS(=O)(=O)CC1. The summed E-state index contributed by atoms with van der Waals surface area (Å²) in [4.78, 5) is 0. The van der Waals surface area contributed by atoms with Gasteiger partial charge in [0.05, 0.1) is 11.5 Å². The molecule has 0 aromatic heterocycles. The second kappa shape index (κ2) is 3.77. The van der Waals surface area contributed by atoms with Crippen LogP contribution in [0.2, 0.25) is 0 Å². The van der Waals surface area contributed by atoms with Crippen LogP contribution in [0.4, 0.5) is 4.39 Å². The first-order valence-electron chi connectivity index (χ1n) is 4.90. The molecule has 0 aliphatic carbocycles. The van der Waals surface area contributed by atoms with Crippen LogP contribution in [-0.4, -0.2) is 31.6 Å². The molecule has 2 atom stereocenters. The average molecular weight is 223 g/mol. The van der Waals surface area contributed by atoms with Crippen LogP contribution in [0.3, 0.4) is 0 Å². The average Bonchev–Trinajstić information content (AvgIpc) is 2.03. The second-order valence-electron chi connectivity index (χ2n) is 4.37. The van der Waals surface area contributed by atoms with E-state index in [2.05, 4.69) is 0 Å². The largest absolute Gasteiger partial charge is 0.325 e. The molecule has 1 aliphatic heterocycles. The van der Waals surface area contributed by atoms with Crippen molar-refractivity contribution in [1.29, 1.82) is 0 Å². The molecule has 1 aliphatic rings. The highest BCUT2D eigenvalue weighted by molar-refractivity contribution is 7.91. The van der Waals surface area contributed by atoms with E-state index in [9.17, 15) is 12.8 Å². The summed E-state index contributed by atoms with van der Waals surface area (Å²) in [7, 11) is -2.91. The van der Waals surface area contributed by atoms with Crippen LogP contribution in [-0.2, 0) is 9.84 Å². The van der Waals surface area contributed by atoms with E-state index in [1.54, 1.807) is 6.92 Å². The first-order chi connectivity index (χ1) is 6.26. The fourth-order valence-electron chi connectivity index (χ4n) is 1.83. The Balaban J connectivity index is 2.66. The monoisotopic (exact) mass is 223 g/mol. The summed E-state index contributed by atoms with van der Waals surface area (Å²) in [5, 5.41) is 0. The van der Waals surface area contributed by atoms with Gasteiger partial charge >= 0.3 is 0 Å². The van der Waals surface area contributed by atoms with E-state index < -0.39 is 21.5 Å². The van der Waals surface area contributed by atoms with Crippen molar-refractivity contribution >= 4 is 9.84 Å². The first kappa shape index (κ1) is 11.9. The number of rotatable bonds is 2. The zero-order valence-corrected chi connectivity index (χ0v) is 9.48. The van der Waals surface area contributed by atoms with Gasteiger partial charge in [0.2, 0.25) is 0 Å². The molecule has 2 N–H and O–H groups in total. The lowest BCUT2D eigenvalue weighted by Gasteiger charge is -2.35. The summed E-state index contributed by atoms with van der Waals surface area (Å²) >= 11 is 0. The molecule has 84 valence electrons. The van der Waals surface area contributed by atoms with Crippen molar-refractivity contribution in [3.05, 3.63) is 0 Å². The van der Waals surface area contributed by atoms with Gasteiger partial charge in [0.15, 0.2) is 0 Å². The Morgan fingerprint density at radius 1 is 1.43 bits per heavy atom. The number of nitrogens with two attached hydrogens (primary N) is 1. The van der Waals surface area contributed by atoms with Gasteiger partial charge < -0.3 is 5.73 Å². The third-order valence-electron chi connectivity index (χ3n) is 3.24. The molecule has 5 heteroatoms. The van der Waals surface area contributed by atoms with Crippen LogP contribution in [0.5, 0.6) is 0 Å². The molecule has 1 saturated heterocycles. The molecule has 0 radical (unpaired) electrons. The zero-order chi connectivity index (χ0) is 11.0. The van der Waals surface area contributed by atoms with Gasteiger partial charge in [0.1, 0.15) is 15.5 Å². The Morgan fingerprint density at radius 3 is 2.21 bits per heavy atom. The van der Waals surface area contributed by atoms with Crippen LogP contribution >= 0.6 is 0 Å². The van der Waals surface area contributed by atoms with Crippen LogP contribution in [0.1, 0.15) is 26.7 Å². The lowest BCUT2D eigenvalue weighted by molar-refractivity contribution is 0.0705. The second-order valence-corrected chi connectivity index (χ2v) is 6.67. The highest BCUT2D eigenvalue weighted by Crippen LogP contribution is 2.34. The standard InChI is InChI=1S/C9H18FNO2S/c1-7(11)9(2,10)8-3-5-14(12,13)6-4-8/h7-8H,3-6,11H2,1-2H3. The van der Waals surface area contributed by atoms with Crippen molar-refractivity contribution in [2.45, 2.75) is 38.4 Å². The van der Waals surface area contributed by atoms with E-state index in [-0.39, 0.29) is 17.4 Å². The summed E-state index contributed by atoms with van der Waals surface area (Å²) in [5.74, 6) is -0.0145. The van der Waals surface area contributed by atoms with Gasteiger partial charge in [0.25, 0.3) is 0 Å². The topological polar surface area (TPSA) is 60.2 Å². The lowest BCUT2D eigenvalue weighted by atomic mass is 9.82. The smallest absolute Gasteiger partial charge is 0.150 e. The number of halogens is 1. The van der Waals surface area contributed by atoms with Gasteiger partial charge in [-0.3, -0.25) is 0 Å². The predicted octanol–water partition coefficient (Wildman–Crippen LogP) is 0.887. The van der Waals surface area contributed by atoms with Crippen molar-refractivity contribution < 1.29 is 12.8 Å². The minimum absolute atomic E-state index is 0.101. The van der Waals surface area contributed by atoms with E-state index in [4.69, 9.17) is 5.73 Å². The lowest BCUT2D eigenvalue weighted by Crippen LogP contribution is -2.48. The van der Waals surface area contributed by atoms with Gasteiger partial charge in [-0.2, -0.15) is 0 Å². The van der Waals surface area contributed by atoms with Crippen LogP contribution < -0.4 is 5.73 Å². The Labute approximate surface area is 84.8 Å². The van der Waals surface area contributed by atoms with Gasteiger partial charge in [-0.15, -0.1) is 0 Å². The molecule has 0 spiro atoms. The molecule has 2 unspecified atom stereocenters. The number of hydrogen-bond acceptors (Lipinski definition) is 3. The maximum Gasteiger partial charge on any atom is 0.150 e. The number of sulfone groups is 1. The Hall–Kier alpha value is -0.160. The molecule has 3 nitrogen and oxygen atoms in total. The molecule has 1 rings (SSSR count). The third-order valence-corrected chi connectivity index (χ3v) is 4.96. The van der Waals surface area contributed by atoms with E-state index >= 15 is 0 Å². The number of hydrogen-bond donors (Lipinski definition) is 1. The molecule has 1 heterocycles. The zero-order valence-electron chi connectivity index (χ0n) is 8.66. The Bertz CT molecular complexity index is 284. The van der Waals surface area contributed by atoms with Crippen molar-refractivity contribution in [3.8, 4) is 0 Å². The molecule has 0 saturated carbocycles.